The summed E-state index contributed by atoms with van der Waals surface area (Å²) < 4.78 is 6.92. The Kier molecular flexibility index (Phi) is 5.90. The topological polar surface area (TPSA) is 73.2 Å². The molecule has 0 saturated heterocycles. The van der Waals surface area contributed by atoms with E-state index in [9.17, 15) is 9.59 Å². The van der Waals surface area contributed by atoms with E-state index in [0.29, 0.717) is 23.4 Å². The average Bonchev–Trinajstić information content (AvgIpc) is 3.11. The quantitative estimate of drug-likeness (QED) is 0.464. The molecule has 7 heteroatoms. The summed E-state index contributed by atoms with van der Waals surface area (Å²) in [6, 6.07) is 19.2. The number of nitrogens with one attached hydrogen (secondary N) is 1. The SMILES string of the molecule is Cc1sc2ncn(CC(=O)NCCOc3ccccc3)c(=O)c2c1-c1ccccc1. The van der Waals surface area contributed by atoms with Crippen molar-refractivity contribution >= 4 is 27.5 Å². The first-order valence-electron chi connectivity index (χ1n) is 9.62. The Morgan fingerprint density at radius 3 is 2.53 bits per heavy atom. The number of nitrogens with zero attached hydrogens (tertiary/aromatic N) is 2. The average molecular weight is 420 g/mol. The van der Waals surface area contributed by atoms with E-state index in [-0.39, 0.29) is 18.0 Å². The van der Waals surface area contributed by atoms with Gasteiger partial charge in [0.25, 0.3) is 5.56 Å². The number of carbonyl (C=O) groups is 1. The molecule has 6 nitrogen and oxygen atoms in total. The van der Waals surface area contributed by atoms with Crippen LogP contribution in [0.5, 0.6) is 5.75 Å². The second kappa shape index (κ2) is 8.92. The molecule has 2 aromatic carbocycles. The van der Waals surface area contributed by atoms with Crippen LogP contribution in [0.15, 0.2) is 71.8 Å². The first kappa shape index (κ1) is 19.8. The molecule has 0 aliphatic carbocycles. The predicted molar refractivity (Wildman–Crippen MR) is 119 cm³/mol. The van der Waals surface area contributed by atoms with E-state index in [1.165, 1.54) is 22.2 Å². The van der Waals surface area contributed by atoms with E-state index < -0.39 is 0 Å². The van der Waals surface area contributed by atoms with Gasteiger partial charge < -0.3 is 10.1 Å². The molecule has 0 fully saturated rings. The minimum Gasteiger partial charge on any atom is -0.492 e. The second-order valence-corrected chi connectivity index (χ2v) is 7.97. The third kappa shape index (κ3) is 4.26. The fourth-order valence-electron chi connectivity index (χ4n) is 3.29. The fraction of sp³-hybridized carbons (Fsp3) is 0.174. The Hall–Kier alpha value is -3.45. The van der Waals surface area contributed by atoms with E-state index in [0.717, 1.165) is 21.8 Å². The van der Waals surface area contributed by atoms with Gasteiger partial charge in [0.1, 0.15) is 23.7 Å². The van der Waals surface area contributed by atoms with Crippen molar-refractivity contribution in [3.63, 3.8) is 0 Å². The molecule has 0 aliphatic rings. The molecule has 0 unspecified atom stereocenters. The number of aromatic nitrogens is 2. The summed E-state index contributed by atoms with van der Waals surface area (Å²) in [5, 5.41) is 3.34. The molecule has 4 rings (SSSR count). The van der Waals surface area contributed by atoms with Gasteiger partial charge in [-0.3, -0.25) is 14.2 Å². The van der Waals surface area contributed by atoms with Gasteiger partial charge in [-0.25, -0.2) is 4.98 Å². The predicted octanol–water partition coefficient (Wildman–Crippen LogP) is 3.63. The molecule has 4 aromatic rings. The Morgan fingerprint density at radius 2 is 1.80 bits per heavy atom. The molecule has 0 aliphatic heterocycles. The lowest BCUT2D eigenvalue weighted by molar-refractivity contribution is -0.121. The lowest BCUT2D eigenvalue weighted by Gasteiger charge is -2.09. The van der Waals surface area contributed by atoms with Crippen LogP contribution in [-0.4, -0.2) is 28.6 Å². The highest BCUT2D eigenvalue weighted by Crippen LogP contribution is 2.35. The first-order valence-corrected chi connectivity index (χ1v) is 10.4. The summed E-state index contributed by atoms with van der Waals surface area (Å²) in [5.74, 6) is 0.488. The zero-order valence-corrected chi connectivity index (χ0v) is 17.3. The maximum atomic E-state index is 13.1. The van der Waals surface area contributed by atoms with Crippen LogP contribution in [0.1, 0.15) is 4.88 Å². The zero-order valence-electron chi connectivity index (χ0n) is 16.5. The number of fused-ring (bicyclic) bond motifs is 1. The van der Waals surface area contributed by atoms with Gasteiger partial charge in [-0.2, -0.15) is 0 Å². The smallest absolute Gasteiger partial charge is 0.263 e. The minimum absolute atomic E-state index is 0.0871. The molecule has 0 spiro atoms. The van der Waals surface area contributed by atoms with Crippen LogP contribution in [0, 0.1) is 6.92 Å². The highest BCUT2D eigenvalue weighted by Gasteiger charge is 2.17. The number of ether oxygens (including phenoxy) is 1. The van der Waals surface area contributed by atoms with Gasteiger partial charge >= 0.3 is 0 Å². The summed E-state index contributed by atoms with van der Waals surface area (Å²) in [5.41, 5.74) is 1.65. The van der Waals surface area contributed by atoms with Gasteiger partial charge in [-0.05, 0) is 24.6 Å². The molecular formula is C23H21N3O3S. The number of amides is 1. The second-order valence-electron chi connectivity index (χ2n) is 6.77. The Labute approximate surface area is 177 Å². The van der Waals surface area contributed by atoms with E-state index in [2.05, 4.69) is 10.3 Å². The maximum Gasteiger partial charge on any atom is 0.263 e. The van der Waals surface area contributed by atoms with E-state index in [4.69, 9.17) is 4.74 Å². The maximum absolute atomic E-state index is 13.1. The third-order valence-electron chi connectivity index (χ3n) is 4.67. The summed E-state index contributed by atoms with van der Waals surface area (Å²) >= 11 is 1.49. The molecular weight excluding hydrogens is 398 g/mol. The molecule has 0 radical (unpaired) electrons. The van der Waals surface area contributed by atoms with Gasteiger partial charge in [0.15, 0.2) is 0 Å². The molecule has 0 saturated carbocycles. The van der Waals surface area contributed by atoms with Crippen molar-refractivity contribution < 1.29 is 9.53 Å². The molecule has 152 valence electrons. The van der Waals surface area contributed by atoms with Crippen molar-refractivity contribution in [3.05, 3.63) is 82.2 Å². The number of hydrogen-bond donors (Lipinski definition) is 1. The number of para-hydroxylation sites is 1. The van der Waals surface area contributed by atoms with Crippen molar-refractivity contribution in [1.29, 1.82) is 0 Å². The third-order valence-corrected chi connectivity index (χ3v) is 5.68. The lowest BCUT2D eigenvalue weighted by atomic mass is 10.0. The monoisotopic (exact) mass is 419 g/mol. The van der Waals surface area contributed by atoms with Crippen LogP contribution in [0.25, 0.3) is 21.3 Å². The van der Waals surface area contributed by atoms with E-state index >= 15 is 0 Å². The van der Waals surface area contributed by atoms with Crippen molar-refractivity contribution in [2.45, 2.75) is 13.5 Å². The summed E-state index contributed by atoms with van der Waals surface area (Å²) in [6.45, 7) is 2.60. The number of benzene rings is 2. The Balaban J connectivity index is 1.47. The van der Waals surface area contributed by atoms with Crippen molar-refractivity contribution in [1.82, 2.24) is 14.9 Å². The normalized spacial score (nSPS) is 10.8. The Bertz CT molecular complexity index is 1220. The van der Waals surface area contributed by atoms with Crippen LogP contribution in [0.3, 0.4) is 0 Å². The fourth-order valence-corrected chi connectivity index (χ4v) is 4.29. The zero-order chi connectivity index (χ0) is 20.9. The summed E-state index contributed by atoms with van der Waals surface area (Å²) in [7, 11) is 0. The molecule has 1 N–H and O–H groups in total. The number of thiophene rings is 1. The van der Waals surface area contributed by atoms with Crippen molar-refractivity contribution in [3.8, 4) is 16.9 Å². The van der Waals surface area contributed by atoms with Crippen LogP contribution in [0.2, 0.25) is 0 Å². The number of hydrogen-bond acceptors (Lipinski definition) is 5. The summed E-state index contributed by atoms with van der Waals surface area (Å²) in [4.78, 5) is 31.6. The minimum atomic E-state index is -0.261. The molecule has 0 atom stereocenters. The molecule has 30 heavy (non-hydrogen) atoms. The van der Waals surface area contributed by atoms with Crippen LogP contribution in [-0.2, 0) is 11.3 Å². The number of aryl methyl sites for hydroxylation is 1. The van der Waals surface area contributed by atoms with Crippen molar-refractivity contribution in [2.24, 2.45) is 0 Å². The lowest BCUT2D eigenvalue weighted by Crippen LogP contribution is -2.34. The number of carbonyl (C=O) groups excluding carboxylic acids is 1. The summed E-state index contributed by atoms with van der Waals surface area (Å²) in [6.07, 6.45) is 1.44. The van der Waals surface area contributed by atoms with Gasteiger partial charge in [0, 0.05) is 10.4 Å². The van der Waals surface area contributed by atoms with Gasteiger partial charge in [-0.15, -0.1) is 11.3 Å². The number of rotatable bonds is 7. The van der Waals surface area contributed by atoms with Crippen LogP contribution >= 0.6 is 11.3 Å². The molecule has 0 bridgehead atoms. The largest absolute Gasteiger partial charge is 0.492 e. The van der Waals surface area contributed by atoms with Gasteiger partial charge in [-0.1, -0.05) is 48.5 Å². The molecule has 1 amide bonds. The highest BCUT2D eigenvalue weighted by atomic mass is 32.1. The van der Waals surface area contributed by atoms with E-state index in [1.807, 2.05) is 67.6 Å². The first-order chi connectivity index (χ1) is 14.6. The van der Waals surface area contributed by atoms with E-state index in [1.54, 1.807) is 0 Å². The van der Waals surface area contributed by atoms with Gasteiger partial charge in [0.05, 0.1) is 18.3 Å². The molecule has 2 heterocycles. The Morgan fingerprint density at radius 1 is 1.10 bits per heavy atom. The molecule has 2 aromatic heterocycles. The van der Waals surface area contributed by atoms with Crippen molar-refractivity contribution in [2.75, 3.05) is 13.2 Å². The van der Waals surface area contributed by atoms with Gasteiger partial charge in [0.2, 0.25) is 5.91 Å². The standard InChI is InChI=1S/C23H21N3O3S/c1-16-20(17-8-4-2-5-9-17)21-22(30-16)25-15-26(23(21)28)14-19(27)24-12-13-29-18-10-6-3-7-11-18/h2-11,15H,12-14H2,1H3,(H,24,27). The van der Waals surface area contributed by atoms with Crippen LogP contribution < -0.4 is 15.6 Å². The highest BCUT2D eigenvalue weighted by molar-refractivity contribution is 7.19. The van der Waals surface area contributed by atoms with Crippen LogP contribution in [0.4, 0.5) is 0 Å².